The molecule has 194 valence electrons. The fourth-order valence-electron chi connectivity index (χ4n) is 5.43. The Hall–Kier alpha value is -3.07. The fraction of sp³-hybridized carbons (Fsp3) is 0.593. The van der Waals surface area contributed by atoms with Gasteiger partial charge in [-0.15, -0.1) is 0 Å². The van der Waals surface area contributed by atoms with Crippen LogP contribution >= 0.6 is 0 Å². The number of ether oxygens (including phenoxy) is 3. The molecule has 1 saturated carbocycles. The zero-order valence-electron chi connectivity index (χ0n) is 21.7. The Balaban J connectivity index is 1.21. The topological polar surface area (TPSA) is 80.3 Å². The Morgan fingerprint density at radius 2 is 1.64 bits per heavy atom. The molecule has 3 heterocycles. The van der Waals surface area contributed by atoms with Gasteiger partial charge in [0, 0.05) is 57.9 Å². The summed E-state index contributed by atoms with van der Waals surface area (Å²) >= 11 is 0. The number of rotatable bonds is 7. The Bertz CT molecular complexity index is 1060. The summed E-state index contributed by atoms with van der Waals surface area (Å²) in [7, 11) is 4.74. The highest BCUT2D eigenvalue weighted by atomic mass is 16.5. The molecule has 0 bridgehead atoms. The summed E-state index contributed by atoms with van der Waals surface area (Å²) in [6.07, 6.45) is 7.84. The molecule has 1 aliphatic carbocycles. The lowest BCUT2D eigenvalue weighted by Crippen LogP contribution is -2.52. The maximum absolute atomic E-state index is 13.2. The molecule has 0 atom stereocenters. The van der Waals surface area contributed by atoms with E-state index in [-0.39, 0.29) is 12.3 Å². The maximum Gasteiger partial charge on any atom is 0.227 e. The van der Waals surface area contributed by atoms with Gasteiger partial charge in [-0.2, -0.15) is 0 Å². The first-order valence-electron chi connectivity index (χ1n) is 13.0. The van der Waals surface area contributed by atoms with Crippen molar-refractivity contribution in [2.45, 2.75) is 44.6 Å². The third-order valence-electron chi connectivity index (χ3n) is 7.83. The van der Waals surface area contributed by atoms with Crippen molar-refractivity contribution in [1.29, 1.82) is 0 Å². The Morgan fingerprint density at radius 3 is 2.25 bits per heavy atom. The van der Waals surface area contributed by atoms with Gasteiger partial charge in [0.15, 0.2) is 11.5 Å². The Kier molecular flexibility index (Phi) is 7.46. The minimum Gasteiger partial charge on any atom is -0.493 e. The van der Waals surface area contributed by atoms with Gasteiger partial charge in [0.25, 0.3) is 0 Å². The van der Waals surface area contributed by atoms with Crippen molar-refractivity contribution in [3.63, 3.8) is 0 Å². The van der Waals surface area contributed by atoms with E-state index in [9.17, 15) is 4.79 Å². The van der Waals surface area contributed by atoms with Gasteiger partial charge in [-0.1, -0.05) is 6.42 Å². The summed E-state index contributed by atoms with van der Waals surface area (Å²) in [5.74, 6) is 2.55. The van der Waals surface area contributed by atoms with Crippen LogP contribution in [0.25, 0.3) is 0 Å². The molecule has 9 nitrogen and oxygen atoms in total. The van der Waals surface area contributed by atoms with E-state index in [4.69, 9.17) is 24.2 Å². The molecule has 0 unspecified atom stereocenters. The Morgan fingerprint density at radius 1 is 0.944 bits per heavy atom. The number of carbonyl (C=O) groups is 1. The molecule has 36 heavy (non-hydrogen) atoms. The van der Waals surface area contributed by atoms with Crippen LogP contribution < -0.4 is 19.1 Å². The maximum atomic E-state index is 13.2. The van der Waals surface area contributed by atoms with E-state index in [0.717, 1.165) is 67.8 Å². The van der Waals surface area contributed by atoms with Gasteiger partial charge >= 0.3 is 0 Å². The van der Waals surface area contributed by atoms with Crippen molar-refractivity contribution < 1.29 is 19.0 Å². The average molecular weight is 496 g/mol. The van der Waals surface area contributed by atoms with Crippen LogP contribution in [0.4, 0.5) is 5.95 Å². The number of hydrogen-bond donors (Lipinski definition) is 0. The van der Waals surface area contributed by atoms with Crippen LogP contribution in [0.5, 0.6) is 17.2 Å². The fourth-order valence-corrected chi connectivity index (χ4v) is 5.43. The number of benzene rings is 1. The summed E-state index contributed by atoms with van der Waals surface area (Å²) < 4.78 is 16.3. The number of amides is 1. The summed E-state index contributed by atoms with van der Waals surface area (Å²) in [6, 6.07) is 4.48. The zero-order valence-corrected chi connectivity index (χ0v) is 21.7. The van der Waals surface area contributed by atoms with Crippen LogP contribution in [-0.4, -0.2) is 92.3 Å². The summed E-state index contributed by atoms with van der Waals surface area (Å²) in [6.45, 7) is 5.47. The van der Waals surface area contributed by atoms with Crippen LogP contribution in [0.1, 0.15) is 36.1 Å². The Labute approximate surface area is 213 Å². The van der Waals surface area contributed by atoms with Crippen molar-refractivity contribution in [2.24, 2.45) is 0 Å². The van der Waals surface area contributed by atoms with E-state index >= 15 is 0 Å². The monoisotopic (exact) mass is 495 g/mol. The molecular formula is C27H37N5O4. The molecule has 2 aliphatic heterocycles. The van der Waals surface area contributed by atoms with E-state index in [1.807, 2.05) is 23.2 Å². The quantitative estimate of drug-likeness (QED) is 0.579. The first-order chi connectivity index (χ1) is 17.6. The van der Waals surface area contributed by atoms with Gasteiger partial charge in [-0.3, -0.25) is 9.69 Å². The molecule has 1 amide bonds. The van der Waals surface area contributed by atoms with Crippen molar-refractivity contribution in [3.05, 3.63) is 35.2 Å². The largest absolute Gasteiger partial charge is 0.493 e. The second-order valence-corrected chi connectivity index (χ2v) is 9.84. The molecule has 1 aromatic carbocycles. The van der Waals surface area contributed by atoms with Gasteiger partial charge in [-0.25, -0.2) is 9.97 Å². The van der Waals surface area contributed by atoms with Crippen LogP contribution in [0, 0.1) is 0 Å². The van der Waals surface area contributed by atoms with Crippen molar-refractivity contribution in [3.8, 4) is 17.2 Å². The number of carbonyl (C=O) groups excluding carboxylic acids is 1. The van der Waals surface area contributed by atoms with Gasteiger partial charge < -0.3 is 24.0 Å². The van der Waals surface area contributed by atoms with E-state index in [2.05, 4.69) is 9.80 Å². The minimum absolute atomic E-state index is 0.0809. The van der Waals surface area contributed by atoms with E-state index in [1.54, 1.807) is 21.3 Å². The lowest BCUT2D eigenvalue weighted by molar-refractivity contribution is -0.130. The molecule has 3 aliphatic rings. The van der Waals surface area contributed by atoms with E-state index in [0.29, 0.717) is 30.3 Å². The van der Waals surface area contributed by atoms with Gasteiger partial charge in [0.2, 0.25) is 17.6 Å². The highest BCUT2D eigenvalue weighted by molar-refractivity contribution is 5.79. The average Bonchev–Trinajstić information content (AvgIpc) is 3.09. The lowest BCUT2D eigenvalue weighted by Gasteiger charge is -2.43. The zero-order chi connectivity index (χ0) is 25.1. The third-order valence-corrected chi connectivity index (χ3v) is 7.83. The summed E-state index contributed by atoms with van der Waals surface area (Å²) in [4.78, 5) is 29.8. The molecular weight excluding hydrogens is 458 g/mol. The van der Waals surface area contributed by atoms with Crippen molar-refractivity contribution in [1.82, 2.24) is 19.8 Å². The third kappa shape index (κ3) is 5.07. The minimum atomic E-state index is 0.0809. The van der Waals surface area contributed by atoms with Crippen LogP contribution in [0.3, 0.4) is 0 Å². The van der Waals surface area contributed by atoms with Gasteiger partial charge in [-0.05, 0) is 42.5 Å². The van der Waals surface area contributed by atoms with Crippen LogP contribution in [0.15, 0.2) is 18.3 Å². The normalized spacial score (nSPS) is 18.8. The van der Waals surface area contributed by atoms with Crippen molar-refractivity contribution in [2.75, 3.05) is 65.5 Å². The van der Waals surface area contributed by atoms with Gasteiger partial charge in [0.05, 0.1) is 33.4 Å². The summed E-state index contributed by atoms with van der Waals surface area (Å²) in [5, 5.41) is 0. The number of nitrogens with zero attached hydrogens (tertiary/aromatic N) is 5. The number of hydrogen-bond acceptors (Lipinski definition) is 8. The standard InChI is InChI=1S/C27H37N5O4/c1-34-23-15-19(16-24(35-2)26(23)36-3)17-25(33)31-9-7-20-18-28-27(29-22(20)8-10-31)32-13-11-30(12-14-32)21-5-4-6-21/h15-16,18,21H,4-14,17H2,1-3H3. The molecule has 1 aromatic heterocycles. The smallest absolute Gasteiger partial charge is 0.227 e. The first kappa shape index (κ1) is 24.6. The summed E-state index contributed by atoms with van der Waals surface area (Å²) in [5.41, 5.74) is 3.05. The number of anilines is 1. The molecule has 0 radical (unpaired) electrons. The second kappa shape index (κ2) is 10.9. The first-order valence-corrected chi connectivity index (χ1v) is 13.0. The molecule has 0 spiro atoms. The molecule has 1 saturated heterocycles. The SMILES string of the molecule is COc1cc(CC(=O)N2CCc3cnc(N4CCN(C5CCC5)CC4)nc3CC2)cc(OC)c1OC. The van der Waals surface area contributed by atoms with Crippen LogP contribution in [-0.2, 0) is 24.1 Å². The number of fused-ring (bicyclic) bond motifs is 1. The number of aromatic nitrogens is 2. The highest BCUT2D eigenvalue weighted by Crippen LogP contribution is 2.38. The lowest BCUT2D eigenvalue weighted by atomic mass is 9.91. The highest BCUT2D eigenvalue weighted by Gasteiger charge is 2.29. The van der Waals surface area contributed by atoms with E-state index in [1.165, 1.54) is 19.3 Å². The van der Waals surface area contributed by atoms with Crippen LogP contribution in [0.2, 0.25) is 0 Å². The predicted molar refractivity (Wildman–Crippen MR) is 137 cm³/mol. The molecule has 9 heteroatoms. The number of methoxy groups -OCH3 is 3. The van der Waals surface area contributed by atoms with E-state index < -0.39 is 0 Å². The molecule has 5 rings (SSSR count). The second-order valence-electron chi connectivity index (χ2n) is 9.84. The molecule has 2 aromatic rings. The molecule has 0 N–H and O–H groups in total. The predicted octanol–water partition coefficient (Wildman–Crippen LogP) is 2.35. The number of piperazine rings is 1. The molecule has 2 fully saturated rings. The van der Waals surface area contributed by atoms with Gasteiger partial charge in [0.1, 0.15) is 0 Å². The van der Waals surface area contributed by atoms with Crippen molar-refractivity contribution >= 4 is 11.9 Å².